The van der Waals surface area contributed by atoms with Crippen molar-refractivity contribution in [2.24, 2.45) is 10.9 Å². The van der Waals surface area contributed by atoms with E-state index in [1.807, 2.05) is 6.92 Å². The summed E-state index contributed by atoms with van der Waals surface area (Å²) < 4.78 is 5.19. The van der Waals surface area contributed by atoms with Crippen molar-refractivity contribution in [1.82, 2.24) is 20.9 Å². The van der Waals surface area contributed by atoms with Gasteiger partial charge in [0.1, 0.15) is 0 Å². The molecule has 0 aromatic carbocycles. The van der Waals surface area contributed by atoms with E-state index >= 15 is 0 Å². The zero-order valence-electron chi connectivity index (χ0n) is 16.6. The zero-order chi connectivity index (χ0) is 19.1. The molecular weight excluding hydrogens is 330 g/mol. The van der Waals surface area contributed by atoms with Crippen LogP contribution >= 0.6 is 0 Å². The molecule has 3 N–H and O–H groups in total. The minimum atomic E-state index is -0.163. The van der Waals surface area contributed by atoms with Crippen molar-refractivity contribution in [3.8, 4) is 0 Å². The van der Waals surface area contributed by atoms with E-state index in [1.165, 1.54) is 6.26 Å². The van der Waals surface area contributed by atoms with Crippen LogP contribution in [0.15, 0.2) is 21.7 Å². The molecule has 2 unspecified atom stereocenters. The van der Waals surface area contributed by atoms with E-state index in [2.05, 4.69) is 46.6 Å². The van der Waals surface area contributed by atoms with E-state index in [9.17, 15) is 4.79 Å². The van der Waals surface area contributed by atoms with E-state index in [0.29, 0.717) is 30.3 Å². The maximum Gasteiger partial charge on any atom is 0.287 e. The summed E-state index contributed by atoms with van der Waals surface area (Å²) in [5, 5.41) is 9.73. The highest BCUT2D eigenvalue weighted by atomic mass is 16.3. The van der Waals surface area contributed by atoms with E-state index in [1.54, 1.807) is 13.1 Å². The number of aryl methyl sites for hydroxylation is 1. The van der Waals surface area contributed by atoms with Gasteiger partial charge >= 0.3 is 0 Å². The van der Waals surface area contributed by atoms with Crippen LogP contribution in [0.2, 0.25) is 0 Å². The van der Waals surface area contributed by atoms with Crippen LogP contribution in [0.1, 0.15) is 43.3 Å². The second kappa shape index (κ2) is 9.62. The van der Waals surface area contributed by atoms with Crippen molar-refractivity contribution in [3.05, 3.63) is 23.7 Å². The van der Waals surface area contributed by atoms with Crippen LogP contribution in [-0.2, 0) is 0 Å². The molecular formula is C19H33N5O2. The molecule has 7 heteroatoms. The molecule has 0 aliphatic carbocycles. The van der Waals surface area contributed by atoms with Crippen LogP contribution in [0.3, 0.4) is 0 Å². The van der Waals surface area contributed by atoms with Gasteiger partial charge < -0.3 is 20.4 Å². The summed E-state index contributed by atoms with van der Waals surface area (Å²) in [6.07, 6.45) is 2.34. The second-order valence-corrected chi connectivity index (χ2v) is 7.32. The number of amides is 1. The predicted octanol–water partition coefficient (Wildman–Crippen LogP) is 1.60. The Kier molecular flexibility index (Phi) is 7.50. The third kappa shape index (κ3) is 5.49. The summed E-state index contributed by atoms with van der Waals surface area (Å²) in [6, 6.07) is 2.77. The Hall–Kier alpha value is -2.02. The van der Waals surface area contributed by atoms with Gasteiger partial charge in [-0.15, -0.1) is 0 Å². The fourth-order valence-corrected chi connectivity index (χ4v) is 3.17. The second-order valence-electron chi connectivity index (χ2n) is 7.32. The van der Waals surface area contributed by atoms with Gasteiger partial charge in [-0.3, -0.25) is 14.7 Å². The van der Waals surface area contributed by atoms with Gasteiger partial charge in [0.05, 0.1) is 6.26 Å². The van der Waals surface area contributed by atoms with E-state index < -0.39 is 0 Å². The molecule has 1 aliphatic rings. The van der Waals surface area contributed by atoms with Crippen LogP contribution < -0.4 is 16.0 Å². The van der Waals surface area contributed by atoms with Crippen molar-refractivity contribution in [2.75, 3.05) is 33.2 Å². The van der Waals surface area contributed by atoms with Crippen LogP contribution in [0, 0.1) is 12.8 Å². The first-order valence-corrected chi connectivity index (χ1v) is 9.46. The summed E-state index contributed by atoms with van der Waals surface area (Å²) in [7, 11) is 1.79. The van der Waals surface area contributed by atoms with Gasteiger partial charge in [0, 0.05) is 50.9 Å². The Bertz CT molecular complexity index is 611. The monoisotopic (exact) mass is 363 g/mol. The van der Waals surface area contributed by atoms with Gasteiger partial charge in [-0.1, -0.05) is 6.92 Å². The van der Waals surface area contributed by atoms with Crippen LogP contribution in [0.25, 0.3) is 0 Å². The summed E-state index contributed by atoms with van der Waals surface area (Å²) in [6.45, 7) is 12.1. The maximum absolute atomic E-state index is 12.0. The number of aliphatic imine (C=N–C) groups is 1. The molecule has 0 spiro atoms. The average Bonchev–Trinajstić information content (AvgIpc) is 3.19. The Morgan fingerprint density at radius 1 is 1.35 bits per heavy atom. The number of nitrogens with one attached hydrogen (secondary N) is 3. The molecule has 146 valence electrons. The number of guanidine groups is 1. The topological polar surface area (TPSA) is 81.9 Å². The Labute approximate surface area is 156 Å². The molecule has 2 rings (SSSR count). The number of nitrogens with zero attached hydrogens (tertiary/aromatic N) is 2. The molecule has 1 fully saturated rings. The molecule has 0 radical (unpaired) electrons. The highest BCUT2D eigenvalue weighted by molar-refractivity contribution is 5.92. The van der Waals surface area contributed by atoms with Crippen molar-refractivity contribution < 1.29 is 9.21 Å². The lowest BCUT2D eigenvalue weighted by Crippen LogP contribution is -2.47. The number of furan rings is 1. The SMILES string of the molecule is CN=C(NCCCNC(=O)c1occc1C)NC1CN(C(C)C)CC1C. The number of carbonyl (C=O) groups is 1. The third-order valence-electron chi connectivity index (χ3n) is 4.92. The molecule has 0 bridgehead atoms. The summed E-state index contributed by atoms with van der Waals surface area (Å²) >= 11 is 0. The highest BCUT2D eigenvalue weighted by Gasteiger charge is 2.31. The number of carbonyl (C=O) groups excluding carboxylic acids is 1. The Morgan fingerprint density at radius 3 is 2.65 bits per heavy atom. The van der Waals surface area contributed by atoms with Gasteiger partial charge in [0.25, 0.3) is 5.91 Å². The maximum atomic E-state index is 12.0. The van der Waals surface area contributed by atoms with Crippen LogP contribution in [0.4, 0.5) is 0 Å². The van der Waals surface area contributed by atoms with Gasteiger partial charge in [-0.2, -0.15) is 0 Å². The molecule has 1 aromatic heterocycles. The first kappa shape index (κ1) is 20.3. The van der Waals surface area contributed by atoms with Crippen LogP contribution in [-0.4, -0.2) is 62.1 Å². The molecule has 7 nitrogen and oxygen atoms in total. The molecule has 0 saturated carbocycles. The minimum absolute atomic E-state index is 0.163. The summed E-state index contributed by atoms with van der Waals surface area (Å²) in [5.74, 6) is 1.64. The number of hydrogen-bond acceptors (Lipinski definition) is 4. The first-order chi connectivity index (χ1) is 12.4. The number of hydrogen-bond donors (Lipinski definition) is 3. The Morgan fingerprint density at radius 2 is 2.08 bits per heavy atom. The lowest BCUT2D eigenvalue weighted by molar-refractivity contribution is 0.0925. The zero-order valence-corrected chi connectivity index (χ0v) is 16.6. The number of rotatable bonds is 7. The molecule has 26 heavy (non-hydrogen) atoms. The summed E-state index contributed by atoms with van der Waals surface area (Å²) in [5.41, 5.74) is 0.853. The number of likely N-dealkylation sites (tertiary alicyclic amines) is 1. The standard InChI is InChI=1S/C19H33N5O2/c1-13(2)24-11-15(4)16(12-24)23-19(20-5)22-9-6-8-21-18(25)17-14(3)7-10-26-17/h7,10,13,15-16H,6,8-9,11-12H2,1-5H3,(H,21,25)(H2,20,22,23). The third-order valence-corrected chi connectivity index (χ3v) is 4.92. The Balaban J connectivity index is 1.66. The van der Waals surface area contributed by atoms with Gasteiger partial charge in [-0.05, 0) is 39.2 Å². The summed E-state index contributed by atoms with van der Waals surface area (Å²) in [4.78, 5) is 18.8. The smallest absolute Gasteiger partial charge is 0.287 e. The average molecular weight is 364 g/mol. The van der Waals surface area contributed by atoms with Crippen LogP contribution in [0.5, 0.6) is 0 Å². The van der Waals surface area contributed by atoms with Crippen molar-refractivity contribution in [3.63, 3.8) is 0 Å². The van der Waals surface area contributed by atoms with E-state index in [4.69, 9.17) is 4.42 Å². The van der Waals surface area contributed by atoms with Gasteiger partial charge in [-0.25, -0.2) is 0 Å². The van der Waals surface area contributed by atoms with Gasteiger partial charge in [0.15, 0.2) is 11.7 Å². The molecule has 1 aliphatic heterocycles. The lowest BCUT2D eigenvalue weighted by Gasteiger charge is -2.22. The van der Waals surface area contributed by atoms with E-state index in [0.717, 1.165) is 37.6 Å². The quantitative estimate of drug-likeness (QED) is 0.389. The molecule has 1 amide bonds. The lowest BCUT2D eigenvalue weighted by atomic mass is 10.1. The predicted molar refractivity (Wildman–Crippen MR) is 105 cm³/mol. The van der Waals surface area contributed by atoms with Crippen molar-refractivity contribution in [1.29, 1.82) is 0 Å². The molecule has 2 heterocycles. The fraction of sp³-hybridized carbons (Fsp3) is 0.684. The van der Waals surface area contributed by atoms with E-state index in [-0.39, 0.29) is 5.91 Å². The molecule has 1 aromatic rings. The molecule has 1 saturated heterocycles. The first-order valence-electron chi connectivity index (χ1n) is 9.46. The largest absolute Gasteiger partial charge is 0.459 e. The van der Waals surface area contributed by atoms with Crippen molar-refractivity contribution >= 4 is 11.9 Å². The van der Waals surface area contributed by atoms with Crippen molar-refractivity contribution in [2.45, 2.75) is 46.2 Å². The highest BCUT2D eigenvalue weighted by Crippen LogP contribution is 2.18. The normalized spacial score (nSPS) is 21.2. The fourth-order valence-electron chi connectivity index (χ4n) is 3.17. The minimum Gasteiger partial charge on any atom is -0.459 e. The molecule has 2 atom stereocenters. The van der Waals surface area contributed by atoms with Gasteiger partial charge in [0.2, 0.25) is 0 Å².